The fourth-order valence-corrected chi connectivity index (χ4v) is 1.84. The normalized spacial score (nSPS) is 11.5. The van der Waals surface area contributed by atoms with Crippen molar-refractivity contribution in [3.8, 4) is 0 Å². The van der Waals surface area contributed by atoms with Crippen molar-refractivity contribution in [3.05, 3.63) is 23.2 Å². The van der Waals surface area contributed by atoms with Gasteiger partial charge in [-0.2, -0.15) is 0 Å². The minimum Gasteiger partial charge on any atom is -0.398 e. The summed E-state index contributed by atoms with van der Waals surface area (Å²) in [7, 11) is -3.23. The van der Waals surface area contributed by atoms with E-state index in [1.165, 1.54) is 18.2 Å². The van der Waals surface area contributed by atoms with E-state index in [4.69, 9.17) is 17.3 Å². The van der Waals surface area contributed by atoms with Crippen LogP contribution < -0.4 is 5.73 Å². The Labute approximate surface area is 76.1 Å². The summed E-state index contributed by atoms with van der Waals surface area (Å²) in [6.45, 7) is 0. The van der Waals surface area contributed by atoms with Gasteiger partial charge in [0.2, 0.25) is 0 Å². The third-order valence-electron chi connectivity index (χ3n) is 1.37. The van der Waals surface area contributed by atoms with Gasteiger partial charge in [0, 0.05) is 11.3 Å². The monoisotopic (exact) mass is 205 g/mol. The van der Waals surface area contributed by atoms with Crippen LogP contribution in [0.2, 0.25) is 5.02 Å². The molecule has 0 aliphatic carbocycles. The van der Waals surface area contributed by atoms with Gasteiger partial charge >= 0.3 is 0 Å². The van der Waals surface area contributed by atoms with Crippen molar-refractivity contribution in [1.29, 1.82) is 0 Å². The maximum Gasteiger partial charge on any atom is 0.177 e. The van der Waals surface area contributed by atoms with Crippen molar-refractivity contribution >= 4 is 27.1 Å². The van der Waals surface area contributed by atoms with Crippen LogP contribution in [0.3, 0.4) is 0 Å². The Morgan fingerprint density at radius 3 is 2.42 bits per heavy atom. The molecule has 66 valence electrons. The zero-order chi connectivity index (χ0) is 9.35. The van der Waals surface area contributed by atoms with E-state index in [1.807, 2.05) is 0 Å². The molecule has 1 aromatic carbocycles. The number of sulfone groups is 1. The molecule has 1 aromatic rings. The first kappa shape index (κ1) is 9.35. The van der Waals surface area contributed by atoms with Gasteiger partial charge < -0.3 is 5.73 Å². The first-order chi connectivity index (χ1) is 5.41. The molecule has 0 aliphatic rings. The van der Waals surface area contributed by atoms with Crippen molar-refractivity contribution in [2.45, 2.75) is 4.90 Å². The summed E-state index contributed by atoms with van der Waals surface area (Å²) in [6, 6.07) is 4.30. The first-order valence-electron chi connectivity index (χ1n) is 3.16. The van der Waals surface area contributed by atoms with Crippen LogP contribution in [0.25, 0.3) is 0 Å². The molecule has 12 heavy (non-hydrogen) atoms. The summed E-state index contributed by atoms with van der Waals surface area (Å²) in [4.78, 5) is 0.118. The van der Waals surface area contributed by atoms with Crippen LogP contribution in [0.4, 0.5) is 5.69 Å². The highest BCUT2D eigenvalue weighted by Gasteiger charge is 2.10. The average molecular weight is 206 g/mol. The SMILES string of the molecule is CS(=O)(=O)c1ccc(Cl)cc1N. The van der Waals surface area contributed by atoms with Crippen molar-refractivity contribution in [2.24, 2.45) is 0 Å². The first-order valence-corrected chi connectivity index (χ1v) is 5.43. The van der Waals surface area contributed by atoms with E-state index >= 15 is 0 Å². The summed E-state index contributed by atoms with van der Waals surface area (Å²) < 4.78 is 22.1. The molecule has 0 radical (unpaired) electrons. The molecule has 0 aromatic heterocycles. The molecule has 5 heteroatoms. The average Bonchev–Trinajstić information content (AvgIpc) is 1.83. The minimum atomic E-state index is -3.23. The fourth-order valence-electron chi connectivity index (χ4n) is 0.857. The van der Waals surface area contributed by atoms with Crippen LogP contribution in [0.15, 0.2) is 23.1 Å². The Kier molecular flexibility index (Phi) is 2.30. The van der Waals surface area contributed by atoms with Gasteiger partial charge in [-0.1, -0.05) is 11.6 Å². The van der Waals surface area contributed by atoms with Gasteiger partial charge in [0.15, 0.2) is 9.84 Å². The van der Waals surface area contributed by atoms with Gasteiger partial charge in [0.1, 0.15) is 0 Å². The quantitative estimate of drug-likeness (QED) is 0.704. The lowest BCUT2D eigenvalue weighted by molar-refractivity contribution is 0.602. The van der Waals surface area contributed by atoms with E-state index in [-0.39, 0.29) is 10.6 Å². The summed E-state index contributed by atoms with van der Waals surface area (Å²) >= 11 is 5.59. The van der Waals surface area contributed by atoms with Gasteiger partial charge in [-0.3, -0.25) is 0 Å². The lowest BCUT2D eigenvalue weighted by Gasteiger charge is -2.02. The molecule has 0 spiro atoms. The number of nitrogens with two attached hydrogens (primary N) is 1. The van der Waals surface area contributed by atoms with Gasteiger partial charge in [0.05, 0.1) is 10.6 Å². The molecule has 0 amide bonds. The molecule has 0 fully saturated rings. The summed E-state index contributed by atoms with van der Waals surface area (Å²) in [6.07, 6.45) is 1.10. The van der Waals surface area contributed by atoms with Gasteiger partial charge in [-0.15, -0.1) is 0 Å². The second-order valence-corrected chi connectivity index (χ2v) is 4.87. The van der Waals surface area contributed by atoms with Crippen molar-refractivity contribution in [2.75, 3.05) is 12.0 Å². The Balaban J connectivity index is 3.39. The lowest BCUT2D eigenvalue weighted by atomic mass is 10.3. The van der Waals surface area contributed by atoms with Gasteiger partial charge in [-0.05, 0) is 18.2 Å². The number of rotatable bonds is 1. The van der Waals surface area contributed by atoms with Crippen LogP contribution >= 0.6 is 11.6 Å². The highest BCUT2D eigenvalue weighted by Crippen LogP contribution is 2.21. The highest BCUT2D eigenvalue weighted by molar-refractivity contribution is 7.90. The third kappa shape index (κ3) is 1.89. The predicted octanol–water partition coefficient (Wildman–Crippen LogP) is 1.33. The number of anilines is 1. The minimum absolute atomic E-state index is 0.118. The molecule has 0 unspecified atom stereocenters. The Morgan fingerprint density at radius 2 is 2.00 bits per heavy atom. The standard InChI is InChI=1S/C7H8ClNO2S/c1-12(10,11)7-3-2-5(8)4-6(7)9/h2-4H,9H2,1H3. The second-order valence-electron chi connectivity index (χ2n) is 2.45. The molecule has 3 nitrogen and oxygen atoms in total. The molecule has 0 heterocycles. The van der Waals surface area contributed by atoms with Crippen LogP contribution in [0.1, 0.15) is 0 Å². The van der Waals surface area contributed by atoms with Crippen molar-refractivity contribution in [3.63, 3.8) is 0 Å². The fraction of sp³-hybridized carbons (Fsp3) is 0.143. The molecule has 0 bridgehead atoms. The molecule has 0 saturated carbocycles. The lowest BCUT2D eigenvalue weighted by Crippen LogP contribution is -2.01. The van der Waals surface area contributed by atoms with Gasteiger partial charge in [-0.25, -0.2) is 8.42 Å². The zero-order valence-corrected chi connectivity index (χ0v) is 7.98. The van der Waals surface area contributed by atoms with Crippen LogP contribution in [-0.4, -0.2) is 14.7 Å². The highest BCUT2D eigenvalue weighted by atomic mass is 35.5. The smallest absolute Gasteiger partial charge is 0.177 e. The molecule has 0 aliphatic heterocycles. The van der Waals surface area contributed by atoms with E-state index in [0.29, 0.717) is 5.02 Å². The Hall–Kier alpha value is -0.740. The number of hydrogen-bond acceptors (Lipinski definition) is 3. The second kappa shape index (κ2) is 2.95. The molecular weight excluding hydrogens is 198 g/mol. The molecular formula is C7H8ClNO2S. The van der Waals surface area contributed by atoms with Crippen molar-refractivity contribution < 1.29 is 8.42 Å². The zero-order valence-electron chi connectivity index (χ0n) is 6.41. The van der Waals surface area contributed by atoms with Gasteiger partial charge in [0.25, 0.3) is 0 Å². The Bertz CT molecular complexity index is 400. The van der Waals surface area contributed by atoms with Crippen LogP contribution in [0.5, 0.6) is 0 Å². The number of nitrogen functional groups attached to an aromatic ring is 1. The number of benzene rings is 1. The number of hydrogen-bond donors (Lipinski definition) is 1. The molecule has 1 rings (SSSR count). The molecule has 0 saturated heterocycles. The molecule has 0 atom stereocenters. The largest absolute Gasteiger partial charge is 0.398 e. The van der Waals surface area contributed by atoms with E-state index in [1.54, 1.807) is 0 Å². The Morgan fingerprint density at radius 1 is 1.42 bits per heavy atom. The summed E-state index contributed by atoms with van der Waals surface area (Å²) in [5, 5.41) is 0.430. The van der Waals surface area contributed by atoms with E-state index in [9.17, 15) is 8.42 Å². The predicted molar refractivity (Wildman–Crippen MR) is 49.0 cm³/mol. The summed E-state index contributed by atoms with van der Waals surface area (Å²) in [5.74, 6) is 0. The molecule has 2 N–H and O–H groups in total. The van der Waals surface area contributed by atoms with E-state index < -0.39 is 9.84 Å². The maximum absolute atomic E-state index is 11.0. The number of halogens is 1. The maximum atomic E-state index is 11.0. The summed E-state index contributed by atoms with van der Waals surface area (Å²) in [5.41, 5.74) is 5.63. The van der Waals surface area contributed by atoms with E-state index in [2.05, 4.69) is 0 Å². The third-order valence-corrected chi connectivity index (χ3v) is 2.78. The van der Waals surface area contributed by atoms with Crippen molar-refractivity contribution in [1.82, 2.24) is 0 Å². The van der Waals surface area contributed by atoms with E-state index in [0.717, 1.165) is 6.26 Å². The topological polar surface area (TPSA) is 60.2 Å². The van der Waals surface area contributed by atoms with Crippen LogP contribution in [-0.2, 0) is 9.84 Å². The van der Waals surface area contributed by atoms with Crippen LogP contribution in [0, 0.1) is 0 Å².